The average molecular weight is 333 g/mol. The maximum absolute atomic E-state index is 12.4. The molecule has 1 aliphatic heterocycles. The van der Waals surface area contributed by atoms with Crippen molar-refractivity contribution in [3.8, 4) is 5.69 Å². The molecule has 0 aliphatic carbocycles. The van der Waals surface area contributed by atoms with Crippen LogP contribution in [0.4, 0.5) is 0 Å². The summed E-state index contributed by atoms with van der Waals surface area (Å²) < 4.78 is 1.71. The molecule has 1 amide bonds. The predicted molar refractivity (Wildman–Crippen MR) is 91.2 cm³/mol. The number of rotatable bonds is 4. The van der Waals surface area contributed by atoms with Crippen molar-refractivity contribution in [2.45, 2.75) is 19.8 Å². The summed E-state index contributed by atoms with van der Waals surface area (Å²) in [6.07, 6.45) is 3.93. The van der Waals surface area contributed by atoms with Gasteiger partial charge in [0.2, 0.25) is 0 Å². The van der Waals surface area contributed by atoms with E-state index in [2.05, 4.69) is 15.7 Å². The van der Waals surface area contributed by atoms with E-state index in [1.54, 1.807) is 10.9 Å². The highest BCUT2D eigenvalue weighted by Gasteiger charge is 2.18. The summed E-state index contributed by atoms with van der Waals surface area (Å²) in [5.74, 6) is 0.429. The van der Waals surface area contributed by atoms with E-state index in [4.69, 9.17) is 11.6 Å². The van der Waals surface area contributed by atoms with Crippen molar-refractivity contribution in [2.24, 2.45) is 5.92 Å². The summed E-state index contributed by atoms with van der Waals surface area (Å²) in [6, 6.07) is 7.47. The standard InChI is InChI=1S/C17H21ClN4O/c1-12-14(17(23)20-10-13-5-4-8-19-9-13)11-21-22(12)16-7-3-2-6-15(16)18/h2-3,6-7,11,13,19H,4-5,8-10H2,1H3,(H,20,23). The van der Waals surface area contributed by atoms with E-state index < -0.39 is 0 Å². The number of carbonyl (C=O) groups is 1. The number of para-hydroxylation sites is 1. The number of carbonyl (C=O) groups excluding carboxylic acids is 1. The van der Waals surface area contributed by atoms with Gasteiger partial charge in [-0.3, -0.25) is 4.79 Å². The van der Waals surface area contributed by atoms with Crippen molar-refractivity contribution in [3.63, 3.8) is 0 Å². The van der Waals surface area contributed by atoms with E-state index in [-0.39, 0.29) is 5.91 Å². The number of hydrogen-bond donors (Lipinski definition) is 2. The Labute approximate surface area is 141 Å². The molecule has 5 nitrogen and oxygen atoms in total. The second kappa shape index (κ2) is 7.15. The molecule has 1 fully saturated rings. The molecule has 0 saturated carbocycles. The summed E-state index contributed by atoms with van der Waals surface area (Å²) >= 11 is 6.21. The van der Waals surface area contributed by atoms with Crippen molar-refractivity contribution in [3.05, 3.63) is 46.7 Å². The summed E-state index contributed by atoms with van der Waals surface area (Å²) in [5.41, 5.74) is 2.16. The van der Waals surface area contributed by atoms with Gasteiger partial charge in [0, 0.05) is 6.54 Å². The quantitative estimate of drug-likeness (QED) is 0.904. The number of halogens is 1. The van der Waals surface area contributed by atoms with Gasteiger partial charge in [0.15, 0.2) is 0 Å². The van der Waals surface area contributed by atoms with E-state index in [0.29, 0.717) is 23.0 Å². The van der Waals surface area contributed by atoms with Crippen molar-refractivity contribution in [1.29, 1.82) is 0 Å². The minimum absolute atomic E-state index is 0.0774. The number of nitrogens with one attached hydrogen (secondary N) is 2. The molecule has 1 aromatic heterocycles. The zero-order chi connectivity index (χ0) is 16.2. The molecule has 3 rings (SSSR count). The Balaban J connectivity index is 1.71. The fourth-order valence-corrected chi connectivity index (χ4v) is 3.15. The normalized spacial score (nSPS) is 17.9. The number of hydrogen-bond acceptors (Lipinski definition) is 3. The Bertz CT molecular complexity index is 692. The first-order valence-corrected chi connectivity index (χ1v) is 8.33. The van der Waals surface area contributed by atoms with E-state index in [1.165, 1.54) is 6.42 Å². The van der Waals surface area contributed by atoms with Crippen LogP contribution in [0.15, 0.2) is 30.5 Å². The maximum Gasteiger partial charge on any atom is 0.254 e. The summed E-state index contributed by atoms with van der Waals surface area (Å²) in [6.45, 7) is 4.63. The molecule has 1 atom stereocenters. The van der Waals surface area contributed by atoms with Crippen LogP contribution in [0.1, 0.15) is 28.9 Å². The molecular formula is C17H21ClN4O. The Morgan fingerprint density at radius 2 is 2.30 bits per heavy atom. The fourth-order valence-electron chi connectivity index (χ4n) is 2.93. The first-order valence-electron chi connectivity index (χ1n) is 7.95. The lowest BCUT2D eigenvalue weighted by atomic mass is 10.00. The lowest BCUT2D eigenvalue weighted by Gasteiger charge is -2.22. The van der Waals surface area contributed by atoms with Gasteiger partial charge in [0.25, 0.3) is 5.91 Å². The van der Waals surface area contributed by atoms with Gasteiger partial charge in [-0.2, -0.15) is 5.10 Å². The van der Waals surface area contributed by atoms with Crippen molar-refractivity contribution in [1.82, 2.24) is 20.4 Å². The van der Waals surface area contributed by atoms with Crippen LogP contribution in [-0.2, 0) is 0 Å². The minimum atomic E-state index is -0.0774. The zero-order valence-electron chi connectivity index (χ0n) is 13.2. The van der Waals surface area contributed by atoms with Crippen LogP contribution in [0.3, 0.4) is 0 Å². The van der Waals surface area contributed by atoms with E-state index in [9.17, 15) is 4.79 Å². The summed E-state index contributed by atoms with van der Waals surface area (Å²) in [5, 5.41) is 11.3. The van der Waals surface area contributed by atoms with Crippen molar-refractivity contribution >= 4 is 17.5 Å². The Kier molecular flexibility index (Phi) is 4.98. The van der Waals surface area contributed by atoms with E-state index in [1.807, 2.05) is 31.2 Å². The van der Waals surface area contributed by atoms with Crippen LogP contribution < -0.4 is 10.6 Å². The lowest BCUT2D eigenvalue weighted by molar-refractivity contribution is 0.0944. The predicted octanol–water partition coefficient (Wildman–Crippen LogP) is 2.56. The monoisotopic (exact) mass is 332 g/mol. The van der Waals surface area contributed by atoms with Gasteiger partial charge in [-0.25, -0.2) is 4.68 Å². The molecule has 6 heteroatoms. The maximum atomic E-state index is 12.4. The van der Waals surface area contributed by atoms with Gasteiger partial charge < -0.3 is 10.6 Å². The second-order valence-electron chi connectivity index (χ2n) is 5.93. The molecule has 1 saturated heterocycles. The molecule has 0 bridgehead atoms. The highest BCUT2D eigenvalue weighted by molar-refractivity contribution is 6.32. The molecule has 1 aliphatic rings. The van der Waals surface area contributed by atoms with E-state index in [0.717, 1.165) is 30.9 Å². The molecule has 0 radical (unpaired) electrons. The first-order chi connectivity index (χ1) is 11.2. The Hall–Kier alpha value is -1.85. The second-order valence-corrected chi connectivity index (χ2v) is 6.34. The number of aromatic nitrogens is 2. The third-order valence-electron chi connectivity index (χ3n) is 4.29. The van der Waals surface area contributed by atoms with Crippen LogP contribution in [-0.4, -0.2) is 35.3 Å². The topological polar surface area (TPSA) is 59.0 Å². The van der Waals surface area contributed by atoms with Gasteiger partial charge in [0.1, 0.15) is 0 Å². The highest BCUT2D eigenvalue weighted by atomic mass is 35.5. The SMILES string of the molecule is Cc1c(C(=O)NCC2CCCNC2)cnn1-c1ccccc1Cl. The van der Waals surface area contributed by atoms with Gasteiger partial charge in [0.05, 0.1) is 28.2 Å². The molecule has 122 valence electrons. The van der Waals surface area contributed by atoms with Crippen LogP contribution in [0.2, 0.25) is 5.02 Å². The van der Waals surface area contributed by atoms with Crippen molar-refractivity contribution < 1.29 is 4.79 Å². The van der Waals surface area contributed by atoms with Crippen LogP contribution in [0, 0.1) is 12.8 Å². The van der Waals surface area contributed by atoms with Gasteiger partial charge in [-0.05, 0) is 50.9 Å². The largest absolute Gasteiger partial charge is 0.352 e. The average Bonchev–Trinajstić information content (AvgIpc) is 2.95. The van der Waals surface area contributed by atoms with Gasteiger partial charge in [-0.1, -0.05) is 23.7 Å². The molecular weight excluding hydrogens is 312 g/mol. The molecule has 1 aromatic carbocycles. The van der Waals surface area contributed by atoms with Crippen LogP contribution in [0.25, 0.3) is 5.69 Å². The fraction of sp³-hybridized carbons (Fsp3) is 0.412. The minimum Gasteiger partial charge on any atom is -0.352 e. The molecule has 2 N–H and O–H groups in total. The Morgan fingerprint density at radius 1 is 1.48 bits per heavy atom. The third kappa shape index (κ3) is 3.57. The Morgan fingerprint density at radius 3 is 3.04 bits per heavy atom. The number of nitrogens with zero attached hydrogens (tertiary/aromatic N) is 2. The first kappa shape index (κ1) is 16.0. The molecule has 2 heterocycles. The van der Waals surface area contributed by atoms with Gasteiger partial charge >= 0.3 is 0 Å². The highest BCUT2D eigenvalue weighted by Crippen LogP contribution is 2.22. The number of amides is 1. The molecule has 2 aromatic rings. The van der Waals surface area contributed by atoms with E-state index >= 15 is 0 Å². The van der Waals surface area contributed by atoms with Crippen molar-refractivity contribution in [2.75, 3.05) is 19.6 Å². The number of benzene rings is 1. The molecule has 1 unspecified atom stereocenters. The summed E-state index contributed by atoms with van der Waals surface area (Å²) in [4.78, 5) is 12.4. The third-order valence-corrected chi connectivity index (χ3v) is 4.60. The molecule has 0 spiro atoms. The van der Waals surface area contributed by atoms with Crippen LogP contribution in [0.5, 0.6) is 0 Å². The smallest absolute Gasteiger partial charge is 0.254 e. The van der Waals surface area contributed by atoms with Gasteiger partial charge in [-0.15, -0.1) is 0 Å². The molecule has 23 heavy (non-hydrogen) atoms. The summed E-state index contributed by atoms with van der Waals surface area (Å²) in [7, 11) is 0. The number of piperidine rings is 1. The van der Waals surface area contributed by atoms with Crippen LogP contribution >= 0.6 is 11.6 Å². The lowest BCUT2D eigenvalue weighted by Crippen LogP contribution is -2.38. The zero-order valence-corrected chi connectivity index (χ0v) is 13.9.